The van der Waals surface area contributed by atoms with Gasteiger partial charge in [-0.1, -0.05) is 0 Å². The zero-order valence-electron chi connectivity index (χ0n) is 6.01. The molecule has 0 aromatic carbocycles. The summed E-state index contributed by atoms with van der Waals surface area (Å²) in [6, 6.07) is 0. The Bertz CT molecular complexity index is 555. The van der Waals surface area contributed by atoms with E-state index in [0.29, 0.717) is 4.96 Å². The molecule has 5 nitrogen and oxygen atoms in total. The predicted octanol–water partition coefficient (Wildman–Crippen LogP) is 1.41. The molecule has 0 saturated heterocycles. The third-order valence-electron chi connectivity index (χ3n) is 1.42. The smallest absolute Gasteiger partial charge is 0.281 e. The zero-order valence-corrected chi connectivity index (χ0v) is 9.23. The van der Waals surface area contributed by atoms with Crippen molar-refractivity contribution in [3.63, 3.8) is 0 Å². The van der Waals surface area contributed by atoms with Gasteiger partial charge in [-0.15, -0.1) is 11.3 Å². The average Bonchev–Trinajstić information content (AvgIpc) is 2.41. The molecule has 0 unspecified atom stereocenters. The highest BCUT2D eigenvalue weighted by Crippen LogP contribution is 2.25. The SMILES string of the molecule is O=S(=O)(O)c1c(Br)nc2sccn12. The van der Waals surface area contributed by atoms with Crippen molar-refractivity contribution in [2.75, 3.05) is 0 Å². The second kappa shape index (κ2) is 2.77. The van der Waals surface area contributed by atoms with Gasteiger partial charge in [-0.3, -0.25) is 8.95 Å². The van der Waals surface area contributed by atoms with Crippen molar-refractivity contribution in [2.24, 2.45) is 0 Å². The molecular formula is C5H3BrN2O3S2. The standard InChI is InChI=1S/C5H3BrN2O3S2/c6-3-4(13(9,10)11)8-1-2-12-5(8)7-3/h1-2H,(H,9,10,11). The van der Waals surface area contributed by atoms with E-state index in [4.69, 9.17) is 4.55 Å². The van der Waals surface area contributed by atoms with Gasteiger partial charge in [0.15, 0.2) is 4.96 Å². The van der Waals surface area contributed by atoms with Gasteiger partial charge in [-0.05, 0) is 15.9 Å². The van der Waals surface area contributed by atoms with Crippen LogP contribution in [-0.2, 0) is 10.1 Å². The maximum absolute atomic E-state index is 10.9. The Hall–Kier alpha value is -0.440. The summed E-state index contributed by atoms with van der Waals surface area (Å²) in [7, 11) is -4.23. The summed E-state index contributed by atoms with van der Waals surface area (Å²) in [5.41, 5.74) is 0. The third-order valence-corrected chi connectivity index (χ3v) is 3.87. The minimum atomic E-state index is -4.23. The van der Waals surface area contributed by atoms with Crippen molar-refractivity contribution in [3.05, 3.63) is 16.2 Å². The van der Waals surface area contributed by atoms with Crippen LogP contribution >= 0.6 is 27.3 Å². The zero-order chi connectivity index (χ0) is 9.64. The first-order chi connectivity index (χ1) is 6.00. The fraction of sp³-hybridized carbons (Fsp3) is 0. The topological polar surface area (TPSA) is 71.7 Å². The van der Waals surface area contributed by atoms with E-state index >= 15 is 0 Å². The molecule has 2 heterocycles. The summed E-state index contributed by atoms with van der Waals surface area (Å²) in [6.45, 7) is 0. The number of halogens is 1. The number of thiazole rings is 1. The van der Waals surface area contributed by atoms with Crippen LogP contribution in [0.4, 0.5) is 0 Å². The van der Waals surface area contributed by atoms with E-state index < -0.39 is 10.1 Å². The first kappa shape index (κ1) is 9.13. The first-order valence-corrected chi connectivity index (χ1v) is 6.20. The van der Waals surface area contributed by atoms with Gasteiger partial charge in [-0.2, -0.15) is 8.42 Å². The Labute approximate surface area is 85.9 Å². The van der Waals surface area contributed by atoms with Gasteiger partial charge in [0.1, 0.15) is 4.60 Å². The lowest BCUT2D eigenvalue weighted by atomic mass is 10.9. The van der Waals surface area contributed by atoms with Crippen molar-refractivity contribution < 1.29 is 13.0 Å². The number of nitrogens with zero attached hydrogens (tertiary/aromatic N) is 2. The second-order valence-corrected chi connectivity index (χ2v) is 5.20. The molecule has 2 aromatic heterocycles. The highest BCUT2D eigenvalue weighted by Gasteiger charge is 2.21. The number of imidazole rings is 1. The van der Waals surface area contributed by atoms with Crippen LogP contribution in [0.2, 0.25) is 0 Å². The number of aromatic nitrogens is 2. The van der Waals surface area contributed by atoms with Crippen LogP contribution in [0.3, 0.4) is 0 Å². The van der Waals surface area contributed by atoms with E-state index in [2.05, 4.69) is 20.9 Å². The molecule has 0 aliphatic rings. The van der Waals surface area contributed by atoms with Crippen LogP contribution in [0.1, 0.15) is 0 Å². The highest BCUT2D eigenvalue weighted by molar-refractivity contribution is 9.10. The normalized spacial score (nSPS) is 12.5. The van der Waals surface area contributed by atoms with Crippen LogP contribution in [-0.4, -0.2) is 22.4 Å². The van der Waals surface area contributed by atoms with E-state index in [1.54, 1.807) is 5.38 Å². The lowest BCUT2D eigenvalue weighted by molar-refractivity contribution is 0.477. The predicted molar refractivity (Wildman–Crippen MR) is 50.6 cm³/mol. The Balaban J connectivity index is 2.94. The Morgan fingerprint density at radius 3 is 2.92 bits per heavy atom. The number of rotatable bonds is 1. The molecule has 0 bridgehead atoms. The van der Waals surface area contributed by atoms with E-state index in [9.17, 15) is 8.42 Å². The van der Waals surface area contributed by atoms with E-state index in [-0.39, 0.29) is 9.63 Å². The lowest BCUT2D eigenvalue weighted by Crippen LogP contribution is -2.01. The maximum Gasteiger partial charge on any atom is 0.313 e. The number of fused-ring (bicyclic) bond motifs is 1. The molecule has 0 aliphatic carbocycles. The summed E-state index contributed by atoms with van der Waals surface area (Å²) in [5, 5.41) is 1.45. The van der Waals surface area contributed by atoms with Gasteiger partial charge in [0, 0.05) is 11.6 Å². The van der Waals surface area contributed by atoms with Crippen molar-refractivity contribution in [1.82, 2.24) is 9.38 Å². The van der Waals surface area contributed by atoms with Gasteiger partial charge in [0.25, 0.3) is 0 Å². The Morgan fingerprint density at radius 1 is 1.62 bits per heavy atom. The molecule has 0 fully saturated rings. The number of hydrogen-bond acceptors (Lipinski definition) is 4. The summed E-state index contributed by atoms with van der Waals surface area (Å²) in [6.07, 6.45) is 1.53. The maximum atomic E-state index is 10.9. The molecule has 13 heavy (non-hydrogen) atoms. The van der Waals surface area contributed by atoms with Crippen LogP contribution in [0, 0.1) is 0 Å². The van der Waals surface area contributed by atoms with Gasteiger partial charge in [0.05, 0.1) is 0 Å². The highest BCUT2D eigenvalue weighted by atomic mass is 79.9. The van der Waals surface area contributed by atoms with Gasteiger partial charge in [-0.25, -0.2) is 4.98 Å². The quantitative estimate of drug-likeness (QED) is 0.803. The molecule has 8 heteroatoms. The van der Waals surface area contributed by atoms with Crippen molar-refractivity contribution >= 4 is 42.3 Å². The van der Waals surface area contributed by atoms with Crippen LogP contribution in [0.5, 0.6) is 0 Å². The second-order valence-electron chi connectivity index (χ2n) is 2.24. The van der Waals surface area contributed by atoms with Crippen LogP contribution < -0.4 is 0 Å². The molecule has 0 atom stereocenters. The van der Waals surface area contributed by atoms with Gasteiger partial charge < -0.3 is 0 Å². The fourth-order valence-electron chi connectivity index (χ4n) is 0.969. The summed E-state index contributed by atoms with van der Waals surface area (Å²) in [5.74, 6) is 0. The molecule has 2 rings (SSSR count). The number of hydrogen-bond donors (Lipinski definition) is 1. The molecule has 2 aromatic rings. The average molecular weight is 283 g/mol. The molecule has 0 saturated carbocycles. The summed E-state index contributed by atoms with van der Waals surface area (Å²) in [4.78, 5) is 4.41. The molecular weight excluding hydrogens is 280 g/mol. The van der Waals surface area contributed by atoms with Gasteiger partial charge >= 0.3 is 10.1 Å². The van der Waals surface area contributed by atoms with E-state index in [1.807, 2.05) is 0 Å². The fourth-order valence-corrected chi connectivity index (χ4v) is 3.49. The summed E-state index contributed by atoms with van der Waals surface area (Å²) < 4.78 is 32.1. The van der Waals surface area contributed by atoms with Crippen LogP contribution in [0.25, 0.3) is 4.96 Å². The van der Waals surface area contributed by atoms with E-state index in [1.165, 1.54) is 21.9 Å². The molecule has 0 spiro atoms. The minimum Gasteiger partial charge on any atom is -0.281 e. The Morgan fingerprint density at radius 2 is 2.31 bits per heavy atom. The minimum absolute atomic E-state index is 0.127. The Kier molecular flexibility index (Phi) is 1.95. The van der Waals surface area contributed by atoms with Crippen molar-refractivity contribution in [1.29, 1.82) is 0 Å². The molecule has 0 aliphatic heterocycles. The van der Waals surface area contributed by atoms with E-state index in [0.717, 1.165) is 0 Å². The third kappa shape index (κ3) is 1.39. The molecule has 70 valence electrons. The van der Waals surface area contributed by atoms with Crippen molar-refractivity contribution in [3.8, 4) is 0 Å². The monoisotopic (exact) mass is 282 g/mol. The lowest BCUT2D eigenvalue weighted by Gasteiger charge is -1.93. The van der Waals surface area contributed by atoms with Gasteiger partial charge in [0.2, 0.25) is 5.03 Å². The van der Waals surface area contributed by atoms with Crippen LogP contribution in [0.15, 0.2) is 21.2 Å². The molecule has 0 radical (unpaired) electrons. The molecule has 0 amide bonds. The summed E-state index contributed by atoms with van der Waals surface area (Å²) >= 11 is 4.24. The first-order valence-electron chi connectivity index (χ1n) is 3.08. The van der Waals surface area contributed by atoms with Crippen molar-refractivity contribution in [2.45, 2.75) is 5.03 Å². The molecule has 1 N–H and O–H groups in total. The largest absolute Gasteiger partial charge is 0.313 e.